The van der Waals surface area contributed by atoms with Crippen molar-refractivity contribution < 1.29 is 13.2 Å². The molecule has 0 unspecified atom stereocenters. The molecule has 0 aliphatic carbocycles. The number of amides is 1. The topological polar surface area (TPSA) is 83.7 Å². The molecule has 3 rings (SSSR count). The zero-order valence-corrected chi connectivity index (χ0v) is 13.3. The van der Waals surface area contributed by atoms with Crippen molar-refractivity contribution in [1.82, 2.24) is 8.61 Å². The number of primary amides is 1. The van der Waals surface area contributed by atoms with Gasteiger partial charge in [-0.15, -0.1) is 0 Å². The third kappa shape index (κ3) is 2.76. The van der Waals surface area contributed by atoms with Gasteiger partial charge in [0, 0.05) is 19.6 Å². The smallest absolute Gasteiger partial charge is 0.283 e. The van der Waals surface area contributed by atoms with E-state index in [1.165, 1.54) is 8.61 Å². The van der Waals surface area contributed by atoms with Gasteiger partial charge in [-0.3, -0.25) is 4.79 Å². The molecule has 22 heavy (non-hydrogen) atoms. The molecule has 2 N–H and O–H groups in total. The molecule has 2 heterocycles. The highest BCUT2D eigenvalue weighted by molar-refractivity contribution is 7.86. The lowest BCUT2D eigenvalue weighted by Crippen LogP contribution is -2.56. The normalized spacial score (nSPS) is 23.9. The molecule has 1 atom stereocenters. The van der Waals surface area contributed by atoms with Crippen LogP contribution in [0, 0.1) is 0 Å². The van der Waals surface area contributed by atoms with Gasteiger partial charge in [-0.2, -0.15) is 17.0 Å². The summed E-state index contributed by atoms with van der Waals surface area (Å²) in [6.07, 6.45) is 3.13. The van der Waals surface area contributed by atoms with E-state index in [9.17, 15) is 13.2 Å². The first-order valence-electron chi connectivity index (χ1n) is 7.63. The third-order valence-corrected chi connectivity index (χ3v) is 6.47. The summed E-state index contributed by atoms with van der Waals surface area (Å²) in [7, 11) is -3.66. The Kier molecular flexibility index (Phi) is 4.20. The number of carbonyl (C=O) groups is 1. The summed E-state index contributed by atoms with van der Waals surface area (Å²) in [5.74, 6) is -0.588. The fourth-order valence-corrected chi connectivity index (χ4v) is 5.05. The summed E-state index contributed by atoms with van der Waals surface area (Å²) in [6, 6.07) is 6.81. The second-order valence-electron chi connectivity index (χ2n) is 5.90. The van der Waals surface area contributed by atoms with Gasteiger partial charge in [0.2, 0.25) is 5.91 Å². The molecule has 6 nitrogen and oxygen atoms in total. The Morgan fingerprint density at radius 1 is 1.09 bits per heavy atom. The number of benzene rings is 1. The molecule has 0 bridgehead atoms. The third-order valence-electron chi connectivity index (χ3n) is 4.47. The lowest BCUT2D eigenvalue weighted by atomic mass is 9.96. The minimum absolute atomic E-state index is 0.211. The van der Waals surface area contributed by atoms with E-state index >= 15 is 0 Å². The Hall–Kier alpha value is -1.44. The molecule has 120 valence electrons. The van der Waals surface area contributed by atoms with Gasteiger partial charge in [0.05, 0.1) is 0 Å². The number of piperidine rings is 1. The van der Waals surface area contributed by atoms with E-state index in [4.69, 9.17) is 5.73 Å². The van der Waals surface area contributed by atoms with Crippen LogP contribution in [0.5, 0.6) is 0 Å². The Balaban J connectivity index is 1.95. The molecule has 1 amide bonds. The lowest BCUT2D eigenvalue weighted by molar-refractivity contribution is -0.122. The number of rotatable bonds is 3. The van der Waals surface area contributed by atoms with Crippen molar-refractivity contribution in [2.45, 2.75) is 38.3 Å². The molecular formula is C15H21N3O3S. The molecular weight excluding hydrogens is 302 g/mol. The SMILES string of the molecule is NC(=O)[C@@H]1Cc2ccccc2CN1S(=O)(=O)N1CCCCC1. The van der Waals surface area contributed by atoms with Crippen LogP contribution in [0.1, 0.15) is 30.4 Å². The largest absolute Gasteiger partial charge is 0.368 e. The lowest BCUT2D eigenvalue weighted by Gasteiger charge is -2.38. The van der Waals surface area contributed by atoms with Crippen molar-refractivity contribution >= 4 is 16.1 Å². The highest BCUT2D eigenvalue weighted by Gasteiger charge is 2.40. The van der Waals surface area contributed by atoms with Gasteiger partial charge < -0.3 is 5.73 Å². The van der Waals surface area contributed by atoms with Crippen LogP contribution in [-0.2, 0) is 28.0 Å². The van der Waals surface area contributed by atoms with Gasteiger partial charge in [-0.05, 0) is 30.4 Å². The van der Waals surface area contributed by atoms with E-state index in [1.54, 1.807) is 0 Å². The summed E-state index contributed by atoms with van der Waals surface area (Å²) in [5, 5.41) is 0. The second kappa shape index (κ2) is 5.98. The average Bonchev–Trinajstić information content (AvgIpc) is 2.54. The fraction of sp³-hybridized carbons (Fsp3) is 0.533. The first-order chi connectivity index (χ1) is 10.5. The van der Waals surface area contributed by atoms with Crippen LogP contribution in [0.3, 0.4) is 0 Å². The minimum Gasteiger partial charge on any atom is -0.368 e. The van der Waals surface area contributed by atoms with Crippen LogP contribution < -0.4 is 5.73 Å². The van der Waals surface area contributed by atoms with Crippen LogP contribution in [0.15, 0.2) is 24.3 Å². The molecule has 1 fully saturated rings. The maximum absolute atomic E-state index is 12.9. The molecule has 0 radical (unpaired) electrons. The van der Waals surface area contributed by atoms with Crippen molar-refractivity contribution in [2.75, 3.05) is 13.1 Å². The standard InChI is InChI=1S/C15H21N3O3S/c16-15(19)14-10-12-6-2-3-7-13(12)11-18(14)22(20,21)17-8-4-1-5-9-17/h2-3,6-7,14H,1,4-5,8-11H2,(H2,16,19)/t14-/m0/s1. The molecule has 0 aromatic heterocycles. The molecule has 0 spiro atoms. The molecule has 1 saturated heterocycles. The Morgan fingerprint density at radius 2 is 1.73 bits per heavy atom. The predicted molar refractivity (Wildman–Crippen MR) is 83.0 cm³/mol. The number of hydrogen-bond acceptors (Lipinski definition) is 3. The van der Waals surface area contributed by atoms with Gasteiger partial charge in [-0.25, -0.2) is 0 Å². The highest BCUT2D eigenvalue weighted by atomic mass is 32.2. The molecule has 1 aromatic carbocycles. The van der Waals surface area contributed by atoms with E-state index in [2.05, 4.69) is 0 Å². The first-order valence-corrected chi connectivity index (χ1v) is 9.03. The first kappa shape index (κ1) is 15.5. The Morgan fingerprint density at radius 3 is 2.36 bits per heavy atom. The summed E-state index contributed by atoms with van der Waals surface area (Å²) in [6.45, 7) is 1.25. The number of carbonyl (C=O) groups excluding carboxylic acids is 1. The van der Waals surface area contributed by atoms with Crippen LogP contribution >= 0.6 is 0 Å². The monoisotopic (exact) mass is 323 g/mol. The van der Waals surface area contributed by atoms with E-state index in [0.717, 1.165) is 30.4 Å². The van der Waals surface area contributed by atoms with E-state index < -0.39 is 22.2 Å². The Bertz CT molecular complexity index is 668. The zero-order chi connectivity index (χ0) is 15.7. The van der Waals surface area contributed by atoms with Crippen LogP contribution in [-0.4, -0.2) is 42.1 Å². The van der Waals surface area contributed by atoms with Crippen molar-refractivity contribution in [2.24, 2.45) is 5.73 Å². The van der Waals surface area contributed by atoms with E-state index in [1.807, 2.05) is 24.3 Å². The zero-order valence-electron chi connectivity index (χ0n) is 12.4. The number of hydrogen-bond donors (Lipinski definition) is 1. The number of fused-ring (bicyclic) bond motifs is 1. The van der Waals surface area contributed by atoms with Crippen LogP contribution in [0.2, 0.25) is 0 Å². The maximum atomic E-state index is 12.9. The van der Waals surface area contributed by atoms with Crippen LogP contribution in [0.25, 0.3) is 0 Å². The quantitative estimate of drug-likeness (QED) is 0.885. The van der Waals surface area contributed by atoms with Gasteiger partial charge in [-0.1, -0.05) is 30.7 Å². The van der Waals surface area contributed by atoms with Crippen molar-refractivity contribution in [3.63, 3.8) is 0 Å². The minimum atomic E-state index is -3.66. The van der Waals surface area contributed by atoms with Gasteiger partial charge in [0.25, 0.3) is 10.2 Å². The summed E-state index contributed by atoms with van der Waals surface area (Å²) >= 11 is 0. The fourth-order valence-electron chi connectivity index (χ4n) is 3.23. The maximum Gasteiger partial charge on any atom is 0.283 e. The number of nitrogens with two attached hydrogens (primary N) is 1. The van der Waals surface area contributed by atoms with Gasteiger partial charge in [0.1, 0.15) is 6.04 Å². The van der Waals surface area contributed by atoms with Crippen molar-refractivity contribution in [3.05, 3.63) is 35.4 Å². The summed E-state index contributed by atoms with van der Waals surface area (Å²) < 4.78 is 28.6. The molecule has 2 aliphatic heterocycles. The summed E-state index contributed by atoms with van der Waals surface area (Å²) in [4.78, 5) is 11.8. The Labute approximate surface area is 131 Å². The predicted octanol–water partition coefficient (Wildman–Crippen LogP) is 0.629. The average molecular weight is 323 g/mol. The summed E-state index contributed by atoms with van der Waals surface area (Å²) in [5.41, 5.74) is 7.42. The van der Waals surface area contributed by atoms with Gasteiger partial charge in [0.15, 0.2) is 0 Å². The van der Waals surface area contributed by atoms with Crippen molar-refractivity contribution in [1.29, 1.82) is 0 Å². The molecule has 0 saturated carbocycles. The van der Waals surface area contributed by atoms with Gasteiger partial charge >= 0.3 is 0 Å². The van der Waals surface area contributed by atoms with Crippen molar-refractivity contribution in [3.8, 4) is 0 Å². The molecule has 1 aromatic rings. The molecule has 2 aliphatic rings. The van der Waals surface area contributed by atoms with Crippen LogP contribution in [0.4, 0.5) is 0 Å². The molecule has 7 heteroatoms. The highest BCUT2D eigenvalue weighted by Crippen LogP contribution is 2.28. The van der Waals surface area contributed by atoms with E-state index in [-0.39, 0.29) is 6.54 Å². The second-order valence-corrected chi connectivity index (χ2v) is 7.78. The number of nitrogens with zero attached hydrogens (tertiary/aromatic N) is 2. The van der Waals surface area contributed by atoms with E-state index in [0.29, 0.717) is 19.5 Å².